The molecule has 0 aliphatic heterocycles. The first-order valence-electron chi connectivity index (χ1n) is 8.36. The lowest BCUT2D eigenvalue weighted by atomic mass is 10.2. The fourth-order valence-electron chi connectivity index (χ4n) is 2.53. The second kappa shape index (κ2) is 7.78. The Kier molecular flexibility index (Phi) is 5.26. The molecule has 0 atom stereocenters. The van der Waals surface area contributed by atoms with Gasteiger partial charge in [-0.15, -0.1) is 0 Å². The number of amides is 1. The minimum atomic E-state index is -0.530. The van der Waals surface area contributed by atoms with Crippen molar-refractivity contribution < 1.29 is 19.4 Å². The van der Waals surface area contributed by atoms with Gasteiger partial charge in [-0.05, 0) is 49.7 Å². The molecule has 6 nitrogen and oxygen atoms in total. The van der Waals surface area contributed by atoms with E-state index in [0.717, 1.165) is 16.9 Å². The molecule has 1 heterocycles. The second-order valence-electron chi connectivity index (χ2n) is 6.06. The predicted molar refractivity (Wildman–Crippen MR) is 103 cm³/mol. The Morgan fingerprint density at radius 3 is 2.44 bits per heavy atom. The summed E-state index contributed by atoms with van der Waals surface area (Å²) in [5, 5.41) is 12.8. The molecule has 27 heavy (non-hydrogen) atoms. The number of carbonyl (C=O) groups excluding carboxylic acids is 1. The van der Waals surface area contributed by atoms with Gasteiger partial charge in [-0.1, -0.05) is 17.7 Å². The lowest BCUT2D eigenvalue weighted by Crippen LogP contribution is -2.14. The van der Waals surface area contributed by atoms with Crippen molar-refractivity contribution in [3.8, 4) is 23.0 Å². The number of pyridine rings is 1. The van der Waals surface area contributed by atoms with Gasteiger partial charge in [0.15, 0.2) is 17.2 Å². The van der Waals surface area contributed by atoms with Crippen molar-refractivity contribution in [3.05, 3.63) is 71.5 Å². The zero-order valence-corrected chi connectivity index (χ0v) is 15.3. The number of rotatable bonds is 5. The highest BCUT2D eigenvalue weighted by Gasteiger charge is 2.17. The van der Waals surface area contributed by atoms with Gasteiger partial charge in [0.2, 0.25) is 0 Å². The van der Waals surface area contributed by atoms with E-state index in [9.17, 15) is 9.90 Å². The molecule has 0 unspecified atom stereocenters. The van der Waals surface area contributed by atoms with Crippen LogP contribution in [-0.2, 0) is 0 Å². The number of hydrogen-bond acceptors (Lipinski definition) is 5. The predicted octanol–water partition coefficient (Wildman–Crippen LogP) is 4.46. The summed E-state index contributed by atoms with van der Waals surface area (Å²) in [6, 6.07) is 14.5. The fraction of sp³-hybridized carbons (Fsp3) is 0.143. The topological polar surface area (TPSA) is 80.7 Å². The zero-order valence-electron chi connectivity index (χ0n) is 15.3. The number of methoxy groups -OCH3 is 1. The molecule has 0 radical (unpaired) electrons. The first-order chi connectivity index (χ1) is 13.0. The van der Waals surface area contributed by atoms with Gasteiger partial charge in [0, 0.05) is 18.0 Å². The molecule has 0 aliphatic carbocycles. The molecule has 0 bridgehead atoms. The molecule has 6 heteroatoms. The van der Waals surface area contributed by atoms with E-state index in [-0.39, 0.29) is 17.2 Å². The molecule has 3 rings (SSSR count). The maximum atomic E-state index is 12.4. The monoisotopic (exact) mass is 364 g/mol. The number of nitrogens with zero attached hydrogens (tertiary/aromatic N) is 1. The van der Waals surface area contributed by atoms with Crippen LogP contribution >= 0.6 is 0 Å². The Bertz CT molecular complexity index is 968. The molecule has 1 aromatic heterocycles. The molecule has 2 aromatic carbocycles. The summed E-state index contributed by atoms with van der Waals surface area (Å²) in [6.45, 7) is 3.90. The maximum Gasteiger partial charge on any atom is 0.278 e. The van der Waals surface area contributed by atoms with Crippen LogP contribution in [0.5, 0.6) is 23.0 Å². The molecular weight excluding hydrogens is 344 g/mol. The Balaban J connectivity index is 1.76. The summed E-state index contributed by atoms with van der Waals surface area (Å²) in [6.07, 6.45) is 1.40. The lowest BCUT2D eigenvalue weighted by molar-refractivity contribution is 0.101. The zero-order chi connectivity index (χ0) is 19.4. The third kappa shape index (κ3) is 4.17. The SMILES string of the molecule is COc1ccnc(C(=O)Nc2ccc(Oc3ccc(C)cc3)c(C)c2)c1O. The molecule has 0 aliphatic rings. The molecule has 0 fully saturated rings. The van der Waals surface area contributed by atoms with Crippen LogP contribution < -0.4 is 14.8 Å². The number of aryl methyl sites for hydroxylation is 2. The van der Waals surface area contributed by atoms with E-state index in [1.807, 2.05) is 38.1 Å². The Hall–Kier alpha value is -3.54. The number of aromatic hydroxyl groups is 1. The lowest BCUT2D eigenvalue weighted by Gasteiger charge is -2.12. The van der Waals surface area contributed by atoms with Gasteiger partial charge >= 0.3 is 0 Å². The van der Waals surface area contributed by atoms with Gasteiger partial charge in [-0.3, -0.25) is 4.79 Å². The quantitative estimate of drug-likeness (QED) is 0.699. The normalized spacial score (nSPS) is 10.3. The molecule has 3 aromatic rings. The van der Waals surface area contributed by atoms with Crippen LogP contribution in [0.3, 0.4) is 0 Å². The number of carbonyl (C=O) groups is 1. The van der Waals surface area contributed by atoms with Crippen LogP contribution in [0.2, 0.25) is 0 Å². The summed E-state index contributed by atoms with van der Waals surface area (Å²) in [5.41, 5.74) is 2.48. The van der Waals surface area contributed by atoms with Crippen LogP contribution in [-0.4, -0.2) is 23.1 Å². The summed E-state index contributed by atoms with van der Waals surface area (Å²) < 4.78 is 10.9. The van der Waals surface area contributed by atoms with Gasteiger partial charge in [-0.25, -0.2) is 4.98 Å². The number of benzene rings is 2. The van der Waals surface area contributed by atoms with Crippen molar-refractivity contribution in [3.63, 3.8) is 0 Å². The van der Waals surface area contributed by atoms with E-state index < -0.39 is 5.91 Å². The van der Waals surface area contributed by atoms with Crippen molar-refractivity contribution in [2.45, 2.75) is 13.8 Å². The van der Waals surface area contributed by atoms with E-state index >= 15 is 0 Å². The molecule has 0 spiro atoms. The van der Waals surface area contributed by atoms with Crippen molar-refractivity contribution in [1.82, 2.24) is 4.98 Å². The molecule has 0 saturated heterocycles. The van der Waals surface area contributed by atoms with Gasteiger partial charge in [0.25, 0.3) is 5.91 Å². The molecule has 2 N–H and O–H groups in total. The van der Waals surface area contributed by atoms with Gasteiger partial charge in [0.1, 0.15) is 11.5 Å². The second-order valence-corrected chi connectivity index (χ2v) is 6.06. The van der Waals surface area contributed by atoms with Crippen LogP contribution in [0.15, 0.2) is 54.7 Å². The van der Waals surface area contributed by atoms with Gasteiger partial charge in [-0.2, -0.15) is 0 Å². The highest BCUT2D eigenvalue weighted by Crippen LogP contribution is 2.30. The number of hydrogen-bond donors (Lipinski definition) is 2. The summed E-state index contributed by atoms with van der Waals surface area (Å²) in [5.74, 6) is 0.796. The Labute approximate surface area is 157 Å². The van der Waals surface area contributed by atoms with E-state index in [2.05, 4.69) is 10.3 Å². The van der Waals surface area contributed by atoms with Crippen LogP contribution in [0.25, 0.3) is 0 Å². The Morgan fingerprint density at radius 2 is 1.78 bits per heavy atom. The molecular formula is C21H20N2O4. The van der Waals surface area contributed by atoms with Crippen molar-refractivity contribution in [2.24, 2.45) is 0 Å². The number of anilines is 1. The summed E-state index contributed by atoms with van der Waals surface area (Å²) in [7, 11) is 1.41. The number of aromatic nitrogens is 1. The van der Waals surface area contributed by atoms with Crippen molar-refractivity contribution in [1.29, 1.82) is 0 Å². The largest absolute Gasteiger partial charge is 0.503 e. The van der Waals surface area contributed by atoms with E-state index in [0.29, 0.717) is 11.4 Å². The standard InChI is InChI=1S/C21H20N2O4/c1-13-4-7-16(8-5-13)27-17-9-6-15(12-14(17)2)23-21(25)19-20(24)18(26-3)10-11-22-19/h4-12,24H,1-3H3,(H,23,25). The van der Waals surface area contributed by atoms with E-state index in [1.165, 1.54) is 19.4 Å². The average molecular weight is 364 g/mol. The van der Waals surface area contributed by atoms with E-state index in [4.69, 9.17) is 9.47 Å². The minimum Gasteiger partial charge on any atom is -0.503 e. The van der Waals surface area contributed by atoms with Crippen molar-refractivity contribution in [2.75, 3.05) is 12.4 Å². The van der Waals surface area contributed by atoms with E-state index in [1.54, 1.807) is 18.2 Å². The summed E-state index contributed by atoms with van der Waals surface area (Å²) in [4.78, 5) is 16.3. The molecule has 0 saturated carbocycles. The number of ether oxygens (including phenoxy) is 2. The Morgan fingerprint density at radius 1 is 1.04 bits per heavy atom. The van der Waals surface area contributed by atoms with Crippen LogP contribution in [0, 0.1) is 13.8 Å². The molecule has 1 amide bonds. The summed E-state index contributed by atoms with van der Waals surface area (Å²) >= 11 is 0. The maximum absolute atomic E-state index is 12.4. The highest BCUT2D eigenvalue weighted by molar-refractivity contribution is 6.05. The minimum absolute atomic E-state index is 0.105. The van der Waals surface area contributed by atoms with Gasteiger partial charge in [0.05, 0.1) is 7.11 Å². The first-order valence-corrected chi connectivity index (χ1v) is 8.36. The fourth-order valence-corrected chi connectivity index (χ4v) is 2.53. The molecule has 138 valence electrons. The third-order valence-corrected chi connectivity index (χ3v) is 4.00. The van der Waals surface area contributed by atoms with Crippen molar-refractivity contribution >= 4 is 11.6 Å². The average Bonchev–Trinajstić information content (AvgIpc) is 2.65. The van der Waals surface area contributed by atoms with Gasteiger partial charge < -0.3 is 19.9 Å². The number of nitrogens with one attached hydrogen (secondary N) is 1. The smallest absolute Gasteiger partial charge is 0.278 e. The van der Waals surface area contributed by atoms with Crippen LogP contribution in [0.4, 0.5) is 5.69 Å². The highest BCUT2D eigenvalue weighted by atomic mass is 16.5. The first kappa shape index (κ1) is 18.3. The third-order valence-electron chi connectivity index (χ3n) is 4.00. The van der Waals surface area contributed by atoms with Crippen LogP contribution in [0.1, 0.15) is 21.6 Å².